The number of halogens is 1. The summed E-state index contributed by atoms with van der Waals surface area (Å²) in [6.07, 6.45) is 1.62. The molecule has 0 aliphatic carbocycles. The Morgan fingerprint density at radius 1 is 1.53 bits per heavy atom. The minimum Gasteiger partial charge on any atom is -0.388 e. The van der Waals surface area contributed by atoms with E-state index < -0.39 is 0 Å². The summed E-state index contributed by atoms with van der Waals surface area (Å²) < 4.78 is 6.22. The van der Waals surface area contributed by atoms with Crippen LogP contribution in [0.4, 0.5) is 0 Å². The van der Waals surface area contributed by atoms with E-state index in [0.29, 0.717) is 5.92 Å². The summed E-state index contributed by atoms with van der Waals surface area (Å²) in [5, 5.41) is 10.2. The molecule has 0 radical (unpaired) electrons. The largest absolute Gasteiger partial charge is 0.388 e. The van der Waals surface area contributed by atoms with Gasteiger partial charge in [-0.2, -0.15) is 0 Å². The predicted molar refractivity (Wildman–Crippen MR) is 80.1 cm³/mol. The van der Waals surface area contributed by atoms with Crippen LogP contribution in [0.3, 0.4) is 0 Å². The van der Waals surface area contributed by atoms with Crippen LogP contribution >= 0.6 is 15.9 Å². The summed E-state index contributed by atoms with van der Waals surface area (Å²) in [7, 11) is 1.76. The first-order chi connectivity index (χ1) is 9.19. The summed E-state index contributed by atoms with van der Waals surface area (Å²) in [5.74, 6) is 0.660. The van der Waals surface area contributed by atoms with Crippen LogP contribution in [-0.4, -0.2) is 43.4 Å². The van der Waals surface area contributed by atoms with Crippen LogP contribution < -0.4 is 0 Å². The Morgan fingerprint density at radius 3 is 3.11 bits per heavy atom. The van der Waals surface area contributed by atoms with Crippen LogP contribution in [0, 0.1) is 5.92 Å². The molecule has 1 heterocycles. The predicted octanol–water partition coefficient (Wildman–Crippen LogP) is 2.84. The molecule has 2 unspecified atom stereocenters. The topological polar surface area (TPSA) is 32.7 Å². The molecule has 3 nitrogen and oxygen atoms in total. The van der Waals surface area contributed by atoms with Crippen molar-refractivity contribution in [3.05, 3.63) is 34.3 Å². The SMILES string of the molecule is COCC1CCN(CCC(O)c2cccc(Br)c2)C1. The van der Waals surface area contributed by atoms with E-state index in [1.807, 2.05) is 24.3 Å². The van der Waals surface area contributed by atoms with Crippen molar-refractivity contribution in [3.63, 3.8) is 0 Å². The Balaban J connectivity index is 1.76. The van der Waals surface area contributed by atoms with Gasteiger partial charge in [-0.25, -0.2) is 0 Å². The molecule has 0 saturated carbocycles. The second-order valence-electron chi connectivity index (χ2n) is 5.27. The van der Waals surface area contributed by atoms with Gasteiger partial charge in [0.2, 0.25) is 0 Å². The molecule has 0 aromatic heterocycles. The molecular formula is C15H22BrNO2. The van der Waals surface area contributed by atoms with Gasteiger partial charge in [-0.15, -0.1) is 0 Å². The van der Waals surface area contributed by atoms with Crippen molar-refractivity contribution in [3.8, 4) is 0 Å². The number of nitrogens with zero attached hydrogens (tertiary/aromatic N) is 1. The van der Waals surface area contributed by atoms with Crippen molar-refractivity contribution in [2.75, 3.05) is 33.4 Å². The van der Waals surface area contributed by atoms with Gasteiger partial charge in [-0.1, -0.05) is 28.1 Å². The van der Waals surface area contributed by atoms with Crippen LogP contribution in [0.25, 0.3) is 0 Å². The number of rotatable bonds is 6. The smallest absolute Gasteiger partial charge is 0.0802 e. The van der Waals surface area contributed by atoms with Gasteiger partial charge in [0.05, 0.1) is 12.7 Å². The first kappa shape index (κ1) is 15.0. The van der Waals surface area contributed by atoms with E-state index in [4.69, 9.17) is 4.74 Å². The molecule has 0 spiro atoms. The van der Waals surface area contributed by atoms with Crippen molar-refractivity contribution in [1.82, 2.24) is 4.90 Å². The van der Waals surface area contributed by atoms with Crippen molar-refractivity contribution >= 4 is 15.9 Å². The number of hydrogen-bond acceptors (Lipinski definition) is 3. The second kappa shape index (κ2) is 7.39. The molecule has 2 rings (SSSR count). The summed E-state index contributed by atoms with van der Waals surface area (Å²) >= 11 is 3.44. The molecule has 2 atom stereocenters. The maximum absolute atomic E-state index is 10.2. The zero-order valence-corrected chi connectivity index (χ0v) is 13.0. The highest BCUT2D eigenvalue weighted by Crippen LogP contribution is 2.23. The van der Waals surface area contributed by atoms with E-state index in [1.54, 1.807) is 7.11 Å². The van der Waals surface area contributed by atoms with Gasteiger partial charge in [0.15, 0.2) is 0 Å². The summed E-state index contributed by atoms with van der Waals surface area (Å²) in [6.45, 7) is 4.02. The molecule has 1 saturated heterocycles. The van der Waals surface area contributed by atoms with E-state index in [-0.39, 0.29) is 6.10 Å². The fraction of sp³-hybridized carbons (Fsp3) is 0.600. The van der Waals surface area contributed by atoms with Crippen molar-refractivity contribution in [2.24, 2.45) is 5.92 Å². The number of methoxy groups -OCH3 is 1. The molecule has 0 amide bonds. The standard InChI is InChI=1S/C15H22BrNO2/c1-19-11-12-5-7-17(10-12)8-6-15(18)13-3-2-4-14(16)9-13/h2-4,9,12,15,18H,5-8,10-11H2,1H3. The lowest BCUT2D eigenvalue weighted by atomic mass is 10.1. The molecule has 1 aliphatic rings. The van der Waals surface area contributed by atoms with Gasteiger partial charge < -0.3 is 14.7 Å². The highest BCUT2D eigenvalue weighted by Gasteiger charge is 2.22. The number of ether oxygens (including phenoxy) is 1. The maximum atomic E-state index is 10.2. The third kappa shape index (κ3) is 4.56. The van der Waals surface area contributed by atoms with Gasteiger partial charge in [-0.05, 0) is 43.0 Å². The Kier molecular flexibility index (Phi) is 5.82. The van der Waals surface area contributed by atoms with Gasteiger partial charge in [0.25, 0.3) is 0 Å². The van der Waals surface area contributed by atoms with Crippen molar-refractivity contribution in [2.45, 2.75) is 18.9 Å². The quantitative estimate of drug-likeness (QED) is 0.872. The van der Waals surface area contributed by atoms with Crippen LogP contribution in [0.15, 0.2) is 28.7 Å². The van der Waals surface area contributed by atoms with Crippen molar-refractivity contribution in [1.29, 1.82) is 0 Å². The van der Waals surface area contributed by atoms with E-state index in [0.717, 1.165) is 42.7 Å². The molecule has 106 valence electrons. The fourth-order valence-corrected chi connectivity index (χ4v) is 3.09. The van der Waals surface area contributed by atoms with Gasteiger partial charge in [-0.3, -0.25) is 0 Å². The Labute approximate surface area is 123 Å². The Bertz CT molecular complexity index is 399. The number of likely N-dealkylation sites (tertiary alicyclic amines) is 1. The minimum absolute atomic E-state index is 0.376. The minimum atomic E-state index is -0.376. The van der Waals surface area contributed by atoms with E-state index in [2.05, 4.69) is 20.8 Å². The van der Waals surface area contributed by atoms with E-state index >= 15 is 0 Å². The van der Waals surface area contributed by atoms with Crippen LogP contribution in [-0.2, 0) is 4.74 Å². The molecule has 4 heteroatoms. The maximum Gasteiger partial charge on any atom is 0.0802 e. The molecular weight excluding hydrogens is 306 g/mol. The lowest BCUT2D eigenvalue weighted by molar-refractivity contribution is 0.137. The Hall–Kier alpha value is -0.420. The lowest BCUT2D eigenvalue weighted by Gasteiger charge is -2.18. The van der Waals surface area contributed by atoms with Gasteiger partial charge in [0, 0.05) is 24.7 Å². The first-order valence-electron chi connectivity index (χ1n) is 6.84. The lowest BCUT2D eigenvalue weighted by Crippen LogP contribution is -2.24. The van der Waals surface area contributed by atoms with Crippen LogP contribution in [0.5, 0.6) is 0 Å². The number of aliphatic hydroxyl groups excluding tert-OH is 1. The number of hydrogen-bond donors (Lipinski definition) is 1. The normalized spacial score (nSPS) is 21.7. The number of aliphatic hydroxyl groups is 1. The average molecular weight is 328 g/mol. The highest BCUT2D eigenvalue weighted by atomic mass is 79.9. The first-order valence-corrected chi connectivity index (χ1v) is 7.63. The molecule has 19 heavy (non-hydrogen) atoms. The molecule has 1 fully saturated rings. The zero-order chi connectivity index (χ0) is 13.7. The van der Waals surface area contributed by atoms with E-state index in [9.17, 15) is 5.11 Å². The highest BCUT2D eigenvalue weighted by molar-refractivity contribution is 9.10. The molecule has 1 aromatic rings. The summed E-state index contributed by atoms with van der Waals surface area (Å²) in [6, 6.07) is 7.91. The van der Waals surface area contributed by atoms with E-state index in [1.165, 1.54) is 6.42 Å². The number of benzene rings is 1. The third-order valence-electron chi connectivity index (χ3n) is 3.72. The van der Waals surface area contributed by atoms with Gasteiger partial charge >= 0.3 is 0 Å². The fourth-order valence-electron chi connectivity index (χ4n) is 2.67. The van der Waals surface area contributed by atoms with Gasteiger partial charge in [0.1, 0.15) is 0 Å². The van der Waals surface area contributed by atoms with Crippen LogP contribution in [0.1, 0.15) is 24.5 Å². The zero-order valence-electron chi connectivity index (χ0n) is 11.4. The monoisotopic (exact) mass is 327 g/mol. The molecule has 1 aromatic carbocycles. The molecule has 1 aliphatic heterocycles. The van der Waals surface area contributed by atoms with Crippen molar-refractivity contribution < 1.29 is 9.84 Å². The average Bonchev–Trinajstić information content (AvgIpc) is 2.84. The Morgan fingerprint density at radius 2 is 2.37 bits per heavy atom. The second-order valence-corrected chi connectivity index (χ2v) is 6.19. The summed E-state index contributed by atoms with van der Waals surface area (Å²) in [5.41, 5.74) is 0.988. The van der Waals surface area contributed by atoms with Crippen LogP contribution in [0.2, 0.25) is 0 Å². The molecule has 0 bridgehead atoms. The third-order valence-corrected chi connectivity index (χ3v) is 4.22. The summed E-state index contributed by atoms with van der Waals surface area (Å²) in [4.78, 5) is 2.42. The molecule has 1 N–H and O–H groups in total.